The van der Waals surface area contributed by atoms with E-state index in [0.29, 0.717) is 0 Å². The quantitative estimate of drug-likeness (QED) is 0.798. The zero-order valence-electron chi connectivity index (χ0n) is 14.2. The van der Waals surface area contributed by atoms with Gasteiger partial charge in [0.25, 0.3) is 0 Å². The highest BCUT2D eigenvalue weighted by molar-refractivity contribution is 5.85. The lowest BCUT2D eigenvalue weighted by atomic mass is 10.2. The Morgan fingerprint density at radius 3 is 2.13 bits per heavy atom. The first kappa shape index (κ1) is 22.3. The van der Waals surface area contributed by atoms with Crippen molar-refractivity contribution in [3.05, 3.63) is 23.8 Å². The first-order valence-corrected chi connectivity index (χ1v) is 7.55. The fourth-order valence-electron chi connectivity index (χ4n) is 2.60. The molecule has 1 heterocycles. The van der Waals surface area contributed by atoms with Gasteiger partial charge in [-0.05, 0) is 24.7 Å². The van der Waals surface area contributed by atoms with Gasteiger partial charge in [0, 0.05) is 51.9 Å². The number of nitrogens with one attached hydrogen (secondary N) is 1. The van der Waals surface area contributed by atoms with Crippen LogP contribution in [0, 0.1) is 0 Å². The molecule has 1 aromatic carbocycles. The minimum Gasteiger partial charge on any atom is -0.497 e. The molecule has 2 rings (SSSR count). The van der Waals surface area contributed by atoms with Crippen molar-refractivity contribution in [3.63, 3.8) is 0 Å². The van der Waals surface area contributed by atoms with Crippen LogP contribution in [0.3, 0.4) is 0 Å². The van der Waals surface area contributed by atoms with Crippen LogP contribution in [0.15, 0.2) is 18.2 Å². The second-order valence-electron chi connectivity index (χ2n) is 5.55. The third-order valence-electron chi connectivity index (χ3n) is 3.87. The van der Waals surface area contributed by atoms with E-state index in [9.17, 15) is 0 Å². The maximum Gasteiger partial charge on any atom is 0.122 e. The molecule has 0 spiro atoms. The lowest BCUT2D eigenvalue weighted by Gasteiger charge is -2.29. The van der Waals surface area contributed by atoms with Gasteiger partial charge in [-0.1, -0.05) is 0 Å². The van der Waals surface area contributed by atoms with E-state index in [4.69, 9.17) is 9.47 Å². The molecular formula is C16H29Cl2N3O2. The Kier molecular flexibility index (Phi) is 11.4. The maximum absolute atomic E-state index is 5.32. The van der Waals surface area contributed by atoms with Crippen LogP contribution in [0.1, 0.15) is 5.56 Å². The van der Waals surface area contributed by atoms with Crippen molar-refractivity contribution >= 4 is 24.8 Å². The molecule has 1 aliphatic heterocycles. The molecule has 1 fully saturated rings. The molecule has 1 saturated heterocycles. The molecule has 23 heavy (non-hydrogen) atoms. The van der Waals surface area contributed by atoms with E-state index in [2.05, 4.69) is 34.3 Å². The molecule has 5 nitrogen and oxygen atoms in total. The van der Waals surface area contributed by atoms with Crippen LogP contribution in [-0.4, -0.2) is 70.3 Å². The van der Waals surface area contributed by atoms with Crippen molar-refractivity contribution in [2.24, 2.45) is 0 Å². The summed E-state index contributed by atoms with van der Waals surface area (Å²) in [5, 5.41) is 3.38. The van der Waals surface area contributed by atoms with Crippen LogP contribution in [0.5, 0.6) is 11.5 Å². The number of hydrogen-bond donors (Lipinski definition) is 1. The van der Waals surface area contributed by atoms with Gasteiger partial charge in [0.1, 0.15) is 11.5 Å². The number of likely N-dealkylation sites (N-methyl/N-ethyl adjacent to an activating group) is 1. The number of ether oxygens (including phenoxy) is 2. The highest BCUT2D eigenvalue weighted by Crippen LogP contribution is 2.23. The van der Waals surface area contributed by atoms with Crippen molar-refractivity contribution in [2.75, 3.05) is 60.5 Å². The molecule has 1 N–H and O–H groups in total. The molecule has 1 aromatic rings. The summed E-state index contributed by atoms with van der Waals surface area (Å²) < 4.78 is 10.6. The number of hydrogen-bond acceptors (Lipinski definition) is 5. The normalized spacial score (nSPS) is 14.8. The number of piperazine rings is 1. The minimum absolute atomic E-state index is 0. The number of rotatable bonds is 7. The van der Waals surface area contributed by atoms with E-state index in [-0.39, 0.29) is 24.8 Å². The van der Waals surface area contributed by atoms with Crippen molar-refractivity contribution in [1.82, 2.24) is 15.1 Å². The topological polar surface area (TPSA) is 37.0 Å². The summed E-state index contributed by atoms with van der Waals surface area (Å²) in [5.74, 6) is 1.69. The molecule has 134 valence electrons. The Morgan fingerprint density at radius 1 is 1.04 bits per heavy atom. The summed E-state index contributed by atoms with van der Waals surface area (Å²) in [7, 11) is 5.54. The molecule has 0 radical (unpaired) electrons. The summed E-state index contributed by atoms with van der Waals surface area (Å²) in [6.45, 7) is 7.62. The van der Waals surface area contributed by atoms with E-state index in [0.717, 1.165) is 57.3 Å². The smallest absolute Gasteiger partial charge is 0.122 e. The van der Waals surface area contributed by atoms with Gasteiger partial charge in [0.2, 0.25) is 0 Å². The van der Waals surface area contributed by atoms with Crippen LogP contribution in [0.25, 0.3) is 0 Å². The average Bonchev–Trinajstić information content (AvgIpc) is 2.53. The highest BCUT2D eigenvalue weighted by atomic mass is 35.5. The highest BCUT2D eigenvalue weighted by Gasteiger charge is 2.11. The first-order chi connectivity index (χ1) is 10.2. The van der Waals surface area contributed by atoms with E-state index in [1.807, 2.05) is 6.07 Å². The van der Waals surface area contributed by atoms with Crippen LogP contribution in [-0.2, 0) is 6.54 Å². The Bertz CT molecular complexity index is 421. The zero-order chi connectivity index (χ0) is 15.1. The molecule has 0 saturated carbocycles. The summed E-state index contributed by atoms with van der Waals surface area (Å²) in [4.78, 5) is 4.86. The monoisotopic (exact) mass is 365 g/mol. The molecule has 0 amide bonds. The molecule has 0 atom stereocenters. The van der Waals surface area contributed by atoms with Crippen molar-refractivity contribution in [2.45, 2.75) is 6.54 Å². The van der Waals surface area contributed by atoms with Crippen molar-refractivity contribution < 1.29 is 9.47 Å². The number of nitrogens with zero attached hydrogens (tertiary/aromatic N) is 2. The average molecular weight is 366 g/mol. The third kappa shape index (κ3) is 7.59. The second kappa shape index (κ2) is 11.8. The van der Waals surface area contributed by atoms with Crippen LogP contribution >= 0.6 is 24.8 Å². The maximum atomic E-state index is 5.32. The lowest BCUT2D eigenvalue weighted by molar-refractivity contribution is 0.202. The van der Waals surface area contributed by atoms with Gasteiger partial charge < -0.3 is 19.7 Å². The Morgan fingerprint density at radius 2 is 1.61 bits per heavy atom. The third-order valence-corrected chi connectivity index (χ3v) is 3.87. The Balaban J connectivity index is 0.00000242. The van der Waals surface area contributed by atoms with E-state index in [1.54, 1.807) is 14.2 Å². The van der Waals surface area contributed by atoms with Gasteiger partial charge in [-0.15, -0.1) is 24.8 Å². The molecule has 0 aliphatic carbocycles. The Hall–Kier alpha value is -0.720. The van der Waals surface area contributed by atoms with E-state index in [1.165, 1.54) is 5.56 Å². The standard InChI is InChI=1S/C16H27N3O2.2ClH/c1-18(8-9-19-6-4-17-5-7-19)13-14-10-15(20-2)12-16(11-14)21-3;;/h10-12,17H,4-9,13H2,1-3H3;2*1H. The number of methoxy groups -OCH3 is 2. The fraction of sp³-hybridized carbons (Fsp3) is 0.625. The molecule has 7 heteroatoms. The van der Waals surface area contributed by atoms with Gasteiger partial charge in [0.15, 0.2) is 0 Å². The molecule has 0 unspecified atom stereocenters. The fourth-order valence-corrected chi connectivity index (χ4v) is 2.60. The first-order valence-electron chi connectivity index (χ1n) is 7.55. The second-order valence-corrected chi connectivity index (χ2v) is 5.55. The van der Waals surface area contributed by atoms with Gasteiger partial charge in [0.05, 0.1) is 14.2 Å². The molecule has 0 aromatic heterocycles. The molecule has 1 aliphatic rings. The van der Waals surface area contributed by atoms with Crippen LogP contribution in [0.4, 0.5) is 0 Å². The number of benzene rings is 1. The largest absolute Gasteiger partial charge is 0.497 e. The summed E-state index contributed by atoms with van der Waals surface area (Å²) >= 11 is 0. The molecular weight excluding hydrogens is 337 g/mol. The number of halogens is 2. The van der Waals surface area contributed by atoms with Gasteiger partial charge >= 0.3 is 0 Å². The van der Waals surface area contributed by atoms with E-state index < -0.39 is 0 Å². The summed E-state index contributed by atoms with van der Waals surface area (Å²) in [6, 6.07) is 6.05. The van der Waals surface area contributed by atoms with Gasteiger partial charge in [-0.3, -0.25) is 4.90 Å². The van der Waals surface area contributed by atoms with Gasteiger partial charge in [-0.25, -0.2) is 0 Å². The Labute approximate surface area is 152 Å². The predicted octanol–water partition coefficient (Wildman–Crippen LogP) is 1.88. The minimum atomic E-state index is 0. The zero-order valence-corrected chi connectivity index (χ0v) is 15.8. The van der Waals surface area contributed by atoms with Crippen LogP contribution < -0.4 is 14.8 Å². The summed E-state index contributed by atoms with van der Waals surface area (Å²) in [6.07, 6.45) is 0. The van der Waals surface area contributed by atoms with E-state index >= 15 is 0 Å². The lowest BCUT2D eigenvalue weighted by Crippen LogP contribution is -2.45. The van der Waals surface area contributed by atoms with Crippen molar-refractivity contribution in [1.29, 1.82) is 0 Å². The van der Waals surface area contributed by atoms with Gasteiger partial charge in [-0.2, -0.15) is 0 Å². The van der Waals surface area contributed by atoms with Crippen LogP contribution in [0.2, 0.25) is 0 Å². The summed E-state index contributed by atoms with van der Waals surface area (Å²) in [5.41, 5.74) is 1.22. The van der Waals surface area contributed by atoms with Crippen molar-refractivity contribution in [3.8, 4) is 11.5 Å². The molecule has 0 bridgehead atoms. The SMILES string of the molecule is COc1cc(CN(C)CCN2CCNCC2)cc(OC)c1.Cl.Cl. The predicted molar refractivity (Wildman–Crippen MR) is 99.7 cm³/mol.